The lowest BCUT2D eigenvalue weighted by atomic mass is 10.1. The molecule has 2 aromatic rings. The molecular formula is C19H19F3N2O4. The fraction of sp³-hybridized carbons (Fsp3) is 0.316. The summed E-state index contributed by atoms with van der Waals surface area (Å²) >= 11 is 0. The Kier molecular flexibility index (Phi) is 6.97. The molecule has 150 valence electrons. The number of alkyl halides is 3. The van der Waals surface area contributed by atoms with E-state index in [1.807, 2.05) is 6.92 Å². The van der Waals surface area contributed by atoms with Crippen LogP contribution in [0.3, 0.4) is 0 Å². The predicted molar refractivity (Wildman–Crippen MR) is 96.1 cm³/mol. The topological polar surface area (TPSA) is 72.7 Å². The van der Waals surface area contributed by atoms with Crippen molar-refractivity contribution in [2.75, 3.05) is 13.2 Å². The number of amides is 1. The Balaban J connectivity index is 2.33. The van der Waals surface area contributed by atoms with Crippen LogP contribution in [-0.2, 0) is 6.54 Å². The van der Waals surface area contributed by atoms with Crippen molar-refractivity contribution in [3.63, 3.8) is 0 Å². The molecule has 0 N–H and O–H groups in total. The highest BCUT2D eigenvalue weighted by atomic mass is 19.4. The van der Waals surface area contributed by atoms with Crippen molar-refractivity contribution in [2.24, 2.45) is 0 Å². The molecule has 0 aliphatic rings. The number of benzene rings is 2. The van der Waals surface area contributed by atoms with Gasteiger partial charge in [0.15, 0.2) is 0 Å². The van der Waals surface area contributed by atoms with Crippen molar-refractivity contribution in [2.45, 2.75) is 26.1 Å². The Morgan fingerprint density at radius 2 is 1.89 bits per heavy atom. The first-order valence-corrected chi connectivity index (χ1v) is 8.52. The van der Waals surface area contributed by atoms with Crippen LogP contribution < -0.4 is 4.74 Å². The van der Waals surface area contributed by atoms with Crippen LogP contribution >= 0.6 is 0 Å². The van der Waals surface area contributed by atoms with Gasteiger partial charge >= 0.3 is 6.18 Å². The summed E-state index contributed by atoms with van der Waals surface area (Å²) in [5, 5.41) is 11.1. The molecule has 0 saturated carbocycles. The maximum atomic E-state index is 13.0. The molecule has 28 heavy (non-hydrogen) atoms. The number of rotatable bonds is 8. The Morgan fingerprint density at radius 3 is 2.54 bits per heavy atom. The Bertz CT molecular complexity index is 840. The van der Waals surface area contributed by atoms with E-state index < -0.39 is 30.1 Å². The number of carbonyl (C=O) groups is 1. The number of nitro groups is 1. The molecule has 0 saturated heterocycles. The van der Waals surface area contributed by atoms with Gasteiger partial charge in [0.25, 0.3) is 11.6 Å². The third-order valence-corrected chi connectivity index (χ3v) is 3.76. The van der Waals surface area contributed by atoms with Gasteiger partial charge in [0, 0.05) is 17.2 Å². The van der Waals surface area contributed by atoms with Crippen molar-refractivity contribution in [1.29, 1.82) is 0 Å². The van der Waals surface area contributed by atoms with Gasteiger partial charge in [-0.15, -0.1) is 0 Å². The summed E-state index contributed by atoms with van der Waals surface area (Å²) in [7, 11) is 0. The predicted octanol–water partition coefficient (Wildman–Crippen LogP) is 4.59. The molecule has 0 aliphatic heterocycles. The van der Waals surface area contributed by atoms with E-state index >= 15 is 0 Å². The number of nitro benzene ring substituents is 1. The number of carbonyl (C=O) groups excluding carboxylic acids is 1. The molecule has 2 aromatic carbocycles. The van der Waals surface area contributed by atoms with E-state index in [4.69, 9.17) is 4.74 Å². The number of hydrogen-bond donors (Lipinski definition) is 0. The van der Waals surface area contributed by atoms with Gasteiger partial charge < -0.3 is 9.64 Å². The molecule has 0 fully saturated rings. The van der Waals surface area contributed by atoms with Crippen molar-refractivity contribution in [1.82, 2.24) is 4.90 Å². The first-order valence-electron chi connectivity index (χ1n) is 8.52. The van der Waals surface area contributed by atoms with E-state index in [0.29, 0.717) is 17.3 Å². The fourth-order valence-corrected chi connectivity index (χ4v) is 2.57. The third-order valence-electron chi connectivity index (χ3n) is 3.76. The van der Waals surface area contributed by atoms with Crippen LogP contribution in [-0.4, -0.2) is 35.1 Å². The first kappa shape index (κ1) is 21.2. The lowest BCUT2D eigenvalue weighted by molar-refractivity contribution is -0.385. The summed E-state index contributed by atoms with van der Waals surface area (Å²) in [6.07, 6.45) is -3.93. The molecular weight excluding hydrogens is 377 g/mol. The quantitative estimate of drug-likeness (QED) is 0.483. The van der Waals surface area contributed by atoms with Crippen LogP contribution in [0.1, 0.15) is 29.3 Å². The van der Waals surface area contributed by atoms with Gasteiger partial charge in [-0.05, 0) is 24.6 Å². The Labute approximate surface area is 159 Å². The minimum absolute atomic E-state index is 0.0106. The van der Waals surface area contributed by atoms with Crippen LogP contribution in [0.25, 0.3) is 0 Å². The standard InChI is InChI=1S/C19H19F3N2O4/c1-2-10-28-16-8-5-7-14(11-16)18(25)23(13-19(20,21)22)12-15-6-3-4-9-17(15)24(26)27/h3-9,11H,2,10,12-13H2,1H3. The van der Waals surface area contributed by atoms with Crippen molar-refractivity contribution in [3.8, 4) is 5.75 Å². The minimum atomic E-state index is -4.66. The Morgan fingerprint density at radius 1 is 1.18 bits per heavy atom. The van der Waals surface area contributed by atoms with Gasteiger partial charge in [0.2, 0.25) is 0 Å². The van der Waals surface area contributed by atoms with Crippen molar-refractivity contribution < 1.29 is 27.6 Å². The molecule has 9 heteroatoms. The average Bonchev–Trinajstić information content (AvgIpc) is 2.64. The lowest BCUT2D eigenvalue weighted by Gasteiger charge is -2.24. The number of nitrogens with zero attached hydrogens (tertiary/aromatic N) is 2. The van der Waals surface area contributed by atoms with Crippen molar-refractivity contribution >= 4 is 11.6 Å². The Hall–Kier alpha value is -3.10. The second-order valence-electron chi connectivity index (χ2n) is 6.04. The normalized spacial score (nSPS) is 11.1. The van der Waals surface area contributed by atoms with Crippen LogP contribution in [0.4, 0.5) is 18.9 Å². The minimum Gasteiger partial charge on any atom is -0.494 e. The largest absolute Gasteiger partial charge is 0.494 e. The van der Waals surface area contributed by atoms with Gasteiger partial charge in [-0.3, -0.25) is 14.9 Å². The zero-order valence-electron chi connectivity index (χ0n) is 15.1. The van der Waals surface area contributed by atoms with E-state index in [1.165, 1.54) is 42.5 Å². The lowest BCUT2D eigenvalue weighted by Crippen LogP contribution is -2.38. The number of halogens is 3. The summed E-state index contributed by atoms with van der Waals surface area (Å²) in [5.41, 5.74) is -0.317. The maximum Gasteiger partial charge on any atom is 0.406 e. The van der Waals surface area contributed by atoms with Crippen LogP contribution in [0.5, 0.6) is 5.75 Å². The van der Waals surface area contributed by atoms with Crippen molar-refractivity contribution in [3.05, 3.63) is 69.8 Å². The summed E-state index contributed by atoms with van der Waals surface area (Å²) < 4.78 is 44.5. The smallest absolute Gasteiger partial charge is 0.406 e. The zero-order valence-corrected chi connectivity index (χ0v) is 15.1. The van der Waals surface area contributed by atoms with E-state index in [9.17, 15) is 28.1 Å². The average molecular weight is 396 g/mol. The van der Waals surface area contributed by atoms with E-state index in [1.54, 1.807) is 6.07 Å². The van der Waals surface area contributed by atoms with Crippen LogP contribution in [0, 0.1) is 10.1 Å². The highest BCUT2D eigenvalue weighted by Crippen LogP contribution is 2.25. The number of ether oxygens (including phenoxy) is 1. The molecule has 0 atom stereocenters. The summed E-state index contributed by atoms with van der Waals surface area (Å²) in [6, 6.07) is 11.2. The molecule has 0 radical (unpaired) electrons. The molecule has 0 unspecified atom stereocenters. The molecule has 6 nitrogen and oxygen atoms in total. The van der Waals surface area contributed by atoms with Gasteiger partial charge in [-0.1, -0.05) is 31.2 Å². The SMILES string of the molecule is CCCOc1cccc(C(=O)N(Cc2ccccc2[N+](=O)[O-])CC(F)(F)F)c1. The van der Waals surface area contributed by atoms with Gasteiger partial charge in [0.05, 0.1) is 18.1 Å². The van der Waals surface area contributed by atoms with E-state index in [-0.39, 0.29) is 16.8 Å². The molecule has 0 spiro atoms. The monoisotopic (exact) mass is 396 g/mol. The first-order chi connectivity index (χ1) is 13.2. The fourth-order valence-electron chi connectivity index (χ4n) is 2.57. The third kappa shape index (κ3) is 5.97. The zero-order chi connectivity index (χ0) is 20.7. The highest BCUT2D eigenvalue weighted by molar-refractivity contribution is 5.94. The maximum absolute atomic E-state index is 13.0. The van der Waals surface area contributed by atoms with Gasteiger partial charge in [-0.25, -0.2) is 0 Å². The van der Waals surface area contributed by atoms with E-state index in [0.717, 1.165) is 6.42 Å². The number of hydrogen-bond acceptors (Lipinski definition) is 4. The summed E-state index contributed by atoms with van der Waals surface area (Å²) in [6.45, 7) is 0.223. The second kappa shape index (κ2) is 9.20. The molecule has 0 aromatic heterocycles. The second-order valence-corrected chi connectivity index (χ2v) is 6.04. The summed E-state index contributed by atoms with van der Waals surface area (Å²) in [5.74, 6) is -0.525. The molecule has 0 bridgehead atoms. The number of para-hydroxylation sites is 1. The highest BCUT2D eigenvalue weighted by Gasteiger charge is 2.34. The molecule has 1 amide bonds. The van der Waals surface area contributed by atoms with Crippen LogP contribution in [0.2, 0.25) is 0 Å². The molecule has 0 aliphatic carbocycles. The molecule has 0 heterocycles. The molecule has 2 rings (SSSR count). The van der Waals surface area contributed by atoms with Crippen LogP contribution in [0.15, 0.2) is 48.5 Å². The van der Waals surface area contributed by atoms with Gasteiger partial charge in [-0.2, -0.15) is 13.2 Å². The summed E-state index contributed by atoms with van der Waals surface area (Å²) in [4.78, 5) is 23.7. The van der Waals surface area contributed by atoms with E-state index in [2.05, 4.69) is 0 Å². The van der Waals surface area contributed by atoms with Gasteiger partial charge in [0.1, 0.15) is 12.3 Å².